The Morgan fingerprint density at radius 1 is 1.29 bits per heavy atom. The van der Waals surface area contributed by atoms with Gasteiger partial charge in [0, 0.05) is 31.9 Å². The molecule has 0 unspecified atom stereocenters. The molecule has 1 aliphatic heterocycles. The van der Waals surface area contributed by atoms with Crippen molar-refractivity contribution in [2.75, 3.05) is 45.2 Å². The number of hydrogen-bond donors (Lipinski definition) is 1. The van der Waals surface area contributed by atoms with E-state index in [9.17, 15) is 0 Å². The third kappa shape index (κ3) is 3.45. The molecule has 0 saturated carbocycles. The van der Waals surface area contributed by atoms with Crippen LogP contribution in [0.5, 0.6) is 0 Å². The lowest BCUT2D eigenvalue weighted by Crippen LogP contribution is -2.31. The number of anilines is 1. The number of para-hydroxylation sites is 1. The molecule has 0 spiro atoms. The van der Waals surface area contributed by atoms with E-state index in [-0.39, 0.29) is 0 Å². The van der Waals surface area contributed by atoms with E-state index in [1.54, 1.807) is 0 Å². The largest absolute Gasteiger partial charge is 0.370 e. The lowest BCUT2D eigenvalue weighted by molar-refractivity contribution is 0.400. The Balaban J connectivity index is 2.01. The summed E-state index contributed by atoms with van der Waals surface area (Å²) in [6, 6.07) is 8.75. The van der Waals surface area contributed by atoms with Gasteiger partial charge in [-0.25, -0.2) is 0 Å². The number of hydrogen-bond acceptors (Lipinski definition) is 3. The first-order chi connectivity index (χ1) is 8.27. The first-order valence-corrected chi connectivity index (χ1v) is 6.45. The molecule has 0 amide bonds. The Labute approximate surface area is 104 Å². The van der Waals surface area contributed by atoms with Crippen molar-refractivity contribution in [1.82, 2.24) is 10.2 Å². The van der Waals surface area contributed by atoms with E-state index in [0.29, 0.717) is 0 Å². The van der Waals surface area contributed by atoms with E-state index < -0.39 is 0 Å². The summed E-state index contributed by atoms with van der Waals surface area (Å²) < 4.78 is 0. The van der Waals surface area contributed by atoms with Crippen LogP contribution in [0.1, 0.15) is 12.0 Å². The van der Waals surface area contributed by atoms with Crippen molar-refractivity contribution in [3.63, 3.8) is 0 Å². The standard InChI is InChI=1S/C14H23N3/c1-16(2)9-5-10-17-11-8-15-12-13-6-3-4-7-14(13)17/h3-4,6-7,15H,5,8-12H2,1-2H3. The second kappa shape index (κ2) is 6.03. The normalized spacial score (nSPS) is 15.8. The molecule has 1 aromatic rings. The van der Waals surface area contributed by atoms with Crippen LogP contribution < -0.4 is 10.2 Å². The average molecular weight is 233 g/mol. The van der Waals surface area contributed by atoms with Crippen LogP contribution in [0.3, 0.4) is 0 Å². The molecular formula is C14H23N3. The summed E-state index contributed by atoms with van der Waals surface area (Å²) in [4.78, 5) is 4.76. The Kier molecular flexibility index (Phi) is 4.40. The van der Waals surface area contributed by atoms with Gasteiger partial charge in [0.05, 0.1) is 0 Å². The highest BCUT2D eigenvalue weighted by molar-refractivity contribution is 5.54. The van der Waals surface area contributed by atoms with Gasteiger partial charge >= 0.3 is 0 Å². The summed E-state index contributed by atoms with van der Waals surface area (Å²) in [7, 11) is 4.27. The quantitative estimate of drug-likeness (QED) is 0.851. The molecule has 94 valence electrons. The molecule has 2 rings (SSSR count). The van der Waals surface area contributed by atoms with E-state index in [4.69, 9.17) is 0 Å². The molecule has 3 heteroatoms. The van der Waals surface area contributed by atoms with Gasteiger partial charge < -0.3 is 15.1 Å². The number of fused-ring (bicyclic) bond motifs is 1. The maximum atomic E-state index is 3.48. The molecule has 0 aromatic heterocycles. The number of nitrogens with one attached hydrogen (secondary N) is 1. The molecule has 0 radical (unpaired) electrons. The van der Waals surface area contributed by atoms with Crippen molar-refractivity contribution in [2.24, 2.45) is 0 Å². The zero-order valence-corrected chi connectivity index (χ0v) is 10.9. The van der Waals surface area contributed by atoms with Crippen molar-refractivity contribution in [2.45, 2.75) is 13.0 Å². The molecule has 0 saturated heterocycles. The van der Waals surface area contributed by atoms with Crippen LogP contribution in [-0.2, 0) is 6.54 Å². The minimum absolute atomic E-state index is 1.00. The molecule has 0 fully saturated rings. The van der Waals surface area contributed by atoms with Crippen LogP contribution >= 0.6 is 0 Å². The van der Waals surface area contributed by atoms with Crippen molar-refractivity contribution in [1.29, 1.82) is 0 Å². The third-order valence-electron chi connectivity index (χ3n) is 3.24. The maximum Gasteiger partial charge on any atom is 0.0412 e. The summed E-state index contributed by atoms with van der Waals surface area (Å²) in [6.07, 6.45) is 1.22. The van der Waals surface area contributed by atoms with Gasteiger partial charge in [0.15, 0.2) is 0 Å². The zero-order chi connectivity index (χ0) is 12.1. The lowest BCUT2D eigenvalue weighted by Gasteiger charge is -2.25. The molecule has 0 bridgehead atoms. The second-order valence-electron chi connectivity index (χ2n) is 4.95. The van der Waals surface area contributed by atoms with Crippen molar-refractivity contribution in [3.8, 4) is 0 Å². The summed E-state index contributed by atoms with van der Waals surface area (Å²) in [6.45, 7) is 5.50. The van der Waals surface area contributed by atoms with Gasteiger partial charge in [-0.1, -0.05) is 18.2 Å². The molecule has 0 aliphatic carbocycles. The van der Waals surface area contributed by atoms with Crippen LogP contribution in [0.2, 0.25) is 0 Å². The Morgan fingerprint density at radius 3 is 2.94 bits per heavy atom. The highest BCUT2D eigenvalue weighted by atomic mass is 15.2. The van der Waals surface area contributed by atoms with E-state index in [1.165, 1.54) is 17.7 Å². The van der Waals surface area contributed by atoms with Gasteiger partial charge in [-0.05, 0) is 38.7 Å². The van der Waals surface area contributed by atoms with Crippen LogP contribution in [-0.4, -0.2) is 45.2 Å². The fourth-order valence-corrected chi connectivity index (χ4v) is 2.34. The maximum absolute atomic E-state index is 3.48. The first-order valence-electron chi connectivity index (χ1n) is 6.45. The van der Waals surface area contributed by atoms with Crippen molar-refractivity contribution in [3.05, 3.63) is 29.8 Å². The van der Waals surface area contributed by atoms with E-state index in [2.05, 4.69) is 53.5 Å². The van der Waals surface area contributed by atoms with Crippen LogP contribution in [0.4, 0.5) is 5.69 Å². The van der Waals surface area contributed by atoms with E-state index in [0.717, 1.165) is 32.7 Å². The molecule has 1 aliphatic rings. The lowest BCUT2D eigenvalue weighted by atomic mass is 10.1. The van der Waals surface area contributed by atoms with Gasteiger partial charge in [0.25, 0.3) is 0 Å². The molecular weight excluding hydrogens is 210 g/mol. The second-order valence-corrected chi connectivity index (χ2v) is 4.95. The SMILES string of the molecule is CN(C)CCCN1CCNCc2ccccc21. The summed E-state index contributed by atoms with van der Waals surface area (Å²) in [5, 5.41) is 3.48. The highest BCUT2D eigenvalue weighted by Gasteiger charge is 2.13. The number of rotatable bonds is 4. The fraction of sp³-hybridized carbons (Fsp3) is 0.571. The Hall–Kier alpha value is -1.06. The Bertz CT molecular complexity index is 349. The van der Waals surface area contributed by atoms with Gasteiger partial charge in [-0.3, -0.25) is 0 Å². The number of nitrogens with zero attached hydrogens (tertiary/aromatic N) is 2. The summed E-state index contributed by atoms with van der Waals surface area (Å²) in [5.74, 6) is 0. The zero-order valence-electron chi connectivity index (χ0n) is 10.9. The summed E-state index contributed by atoms with van der Waals surface area (Å²) in [5.41, 5.74) is 2.84. The molecule has 0 atom stereocenters. The molecule has 3 nitrogen and oxygen atoms in total. The minimum Gasteiger partial charge on any atom is -0.370 e. The van der Waals surface area contributed by atoms with Gasteiger partial charge in [-0.15, -0.1) is 0 Å². The van der Waals surface area contributed by atoms with Crippen LogP contribution in [0.25, 0.3) is 0 Å². The summed E-state index contributed by atoms with van der Waals surface area (Å²) >= 11 is 0. The molecule has 1 N–H and O–H groups in total. The fourth-order valence-electron chi connectivity index (χ4n) is 2.34. The Morgan fingerprint density at radius 2 is 2.12 bits per heavy atom. The third-order valence-corrected chi connectivity index (χ3v) is 3.24. The molecule has 1 aromatic carbocycles. The van der Waals surface area contributed by atoms with Crippen LogP contribution in [0, 0.1) is 0 Å². The average Bonchev–Trinajstić information content (AvgIpc) is 2.52. The van der Waals surface area contributed by atoms with Crippen LogP contribution in [0.15, 0.2) is 24.3 Å². The first kappa shape index (κ1) is 12.4. The van der Waals surface area contributed by atoms with Gasteiger partial charge in [0.2, 0.25) is 0 Å². The number of benzene rings is 1. The predicted octanol–water partition coefficient (Wildman–Crippen LogP) is 1.55. The van der Waals surface area contributed by atoms with E-state index >= 15 is 0 Å². The van der Waals surface area contributed by atoms with Crippen molar-refractivity contribution < 1.29 is 0 Å². The smallest absolute Gasteiger partial charge is 0.0412 e. The topological polar surface area (TPSA) is 18.5 Å². The minimum atomic E-state index is 1.00. The highest BCUT2D eigenvalue weighted by Crippen LogP contribution is 2.21. The van der Waals surface area contributed by atoms with Crippen molar-refractivity contribution >= 4 is 5.69 Å². The van der Waals surface area contributed by atoms with Gasteiger partial charge in [-0.2, -0.15) is 0 Å². The monoisotopic (exact) mass is 233 g/mol. The van der Waals surface area contributed by atoms with E-state index in [1.807, 2.05) is 0 Å². The predicted molar refractivity (Wildman–Crippen MR) is 73.5 cm³/mol. The molecule has 17 heavy (non-hydrogen) atoms. The molecule has 1 heterocycles. The van der Waals surface area contributed by atoms with Gasteiger partial charge in [0.1, 0.15) is 0 Å².